The molecule has 1 aromatic carbocycles. The number of hydrogen-bond donors (Lipinski definition) is 1. The predicted molar refractivity (Wildman–Crippen MR) is 106 cm³/mol. The number of ether oxygens (including phenoxy) is 3. The minimum absolute atomic E-state index is 0.144. The van der Waals surface area contributed by atoms with Crippen molar-refractivity contribution in [3.63, 3.8) is 0 Å². The van der Waals surface area contributed by atoms with E-state index in [2.05, 4.69) is 19.2 Å². The van der Waals surface area contributed by atoms with Crippen molar-refractivity contribution in [2.24, 2.45) is 11.8 Å². The summed E-state index contributed by atoms with van der Waals surface area (Å²) in [5.74, 6) is 1.57. The summed E-state index contributed by atoms with van der Waals surface area (Å²) < 4.78 is 16.3. The first-order valence-electron chi connectivity index (χ1n) is 10.0. The van der Waals surface area contributed by atoms with Crippen molar-refractivity contribution in [3.8, 4) is 11.5 Å². The van der Waals surface area contributed by atoms with Crippen LogP contribution in [0.25, 0.3) is 6.08 Å². The number of fused-ring (bicyclic) bond motifs is 1. The molecule has 1 amide bonds. The van der Waals surface area contributed by atoms with E-state index in [1.165, 1.54) is 12.5 Å². The lowest BCUT2D eigenvalue weighted by Gasteiger charge is -2.35. The van der Waals surface area contributed by atoms with Crippen LogP contribution in [0.15, 0.2) is 24.3 Å². The average Bonchev–Trinajstić information content (AvgIpc) is 2.69. The third-order valence-electron chi connectivity index (χ3n) is 5.67. The molecule has 28 heavy (non-hydrogen) atoms. The Labute approximate surface area is 166 Å². The van der Waals surface area contributed by atoms with Gasteiger partial charge >= 0.3 is 5.97 Å². The fraction of sp³-hybridized carbons (Fsp3) is 0.545. The molecule has 0 spiro atoms. The fourth-order valence-electron chi connectivity index (χ4n) is 3.68. The zero-order valence-electron chi connectivity index (χ0n) is 16.8. The SMILES string of the molecule is C[C@@H]1[C@H](C)CCC[C@H]1NC(=O)[C@@H](C)OC(=O)/C=C/c1ccc2c(c1)OCCO2. The normalized spacial score (nSPS) is 25.2. The van der Waals surface area contributed by atoms with Crippen LogP contribution >= 0.6 is 0 Å². The molecule has 152 valence electrons. The van der Waals surface area contributed by atoms with E-state index in [0.717, 1.165) is 18.4 Å². The van der Waals surface area contributed by atoms with Gasteiger partial charge in [-0.25, -0.2) is 4.79 Å². The van der Waals surface area contributed by atoms with Crippen LogP contribution in [0.4, 0.5) is 0 Å². The lowest BCUT2D eigenvalue weighted by molar-refractivity contribution is -0.150. The van der Waals surface area contributed by atoms with Crippen LogP contribution < -0.4 is 14.8 Å². The smallest absolute Gasteiger partial charge is 0.331 e. The van der Waals surface area contributed by atoms with Crippen LogP contribution in [0.2, 0.25) is 0 Å². The third kappa shape index (κ3) is 5.06. The van der Waals surface area contributed by atoms with Gasteiger partial charge in [0.05, 0.1) is 0 Å². The number of benzene rings is 1. The van der Waals surface area contributed by atoms with Crippen molar-refractivity contribution in [2.75, 3.05) is 13.2 Å². The standard InChI is InChI=1S/C22H29NO5/c1-14-5-4-6-18(15(14)2)23-22(25)16(3)28-21(24)10-8-17-7-9-19-20(13-17)27-12-11-26-19/h7-10,13-16,18H,4-6,11-12H2,1-3H3,(H,23,25)/b10-8+/t14-,15-,16-,18-/m1/s1. The summed E-state index contributed by atoms with van der Waals surface area (Å²) >= 11 is 0. The van der Waals surface area contributed by atoms with Gasteiger partial charge in [-0.2, -0.15) is 0 Å². The van der Waals surface area contributed by atoms with Crippen molar-refractivity contribution in [1.29, 1.82) is 0 Å². The molecule has 0 unspecified atom stereocenters. The Bertz CT molecular complexity index is 744. The quantitative estimate of drug-likeness (QED) is 0.620. The average molecular weight is 387 g/mol. The lowest BCUT2D eigenvalue weighted by atomic mass is 9.78. The second kappa shape index (κ2) is 9.13. The van der Waals surface area contributed by atoms with E-state index in [1.54, 1.807) is 19.1 Å². The van der Waals surface area contributed by atoms with Crippen LogP contribution in [0.5, 0.6) is 11.5 Å². The molecule has 6 nitrogen and oxygen atoms in total. The number of nitrogens with one attached hydrogen (secondary N) is 1. The minimum Gasteiger partial charge on any atom is -0.486 e. The zero-order chi connectivity index (χ0) is 20.1. The molecular formula is C22H29NO5. The van der Waals surface area contributed by atoms with Crippen molar-refractivity contribution in [2.45, 2.75) is 52.2 Å². The van der Waals surface area contributed by atoms with Crippen LogP contribution in [0.3, 0.4) is 0 Å². The van der Waals surface area contributed by atoms with E-state index in [1.807, 2.05) is 12.1 Å². The van der Waals surface area contributed by atoms with Gasteiger partial charge in [0.25, 0.3) is 5.91 Å². The van der Waals surface area contributed by atoms with E-state index in [0.29, 0.717) is 36.5 Å². The van der Waals surface area contributed by atoms with Gasteiger partial charge in [0.2, 0.25) is 0 Å². The van der Waals surface area contributed by atoms with Crippen molar-refractivity contribution < 1.29 is 23.8 Å². The number of rotatable bonds is 5. The summed E-state index contributed by atoms with van der Waals surface area (Å²) in [6.07, 6.45) is 5.41. The van der Waals surface area contributed by atoms with Gasteiger partial charge in [-0.15, -0.1) is 0 Å². The van der Waals surface area contributed by atoms with Crippen molar-refractivity contribution >= 4 is 18.0 Å². The minimum atomic E-state index is -0.832. The maximum Gasteiger partial charge on any atom is 0.331 e. The Hall–Kier alpha value is -2.50. The molecule has 0 aromatic heterocycles. The van der Waals surface area contributed by atoms with E-state index < -0.39 is 12.1 Å². The molecular weight excluding hydrogens is 358 g/mol. The highest BCUT2D eigenvalue weighted by molar-refractivity contribution is 5.90. The fourth-order valence-corrected chi connectivity index (χ4v) is 3.68. The Morgan fingerprint density at radius 2 is 1.93 bits per heavy atom. The van der Waals surface area contributed by atoms with E-state index in [-0.39, 0.29) is 11.9 Å². The zero-order valence-corrected chi connectivity index (χ0v) is 16.8. The number of amides is 1. The topological polar surface area (TPSA) is 73.9 Å². The van der Waals surface area contributed by atoms with Crippen LogP contribution in [0, 0.1) is 11.8 Å². The molecule has 0 saturated heterocycles. The summed E-state index contributed by atoms with van der Waals surface area (Å²) in [6.45, 7) is 7.03. The Kier molecular flexibility index (Phi) is 6.60. The Balaban J connectivity index is 1.51. The molecule has 0 radical (unpaired) electrons. The molecule has 1 aliphatic carbocycles. The maximum absolute atomic E-state index is 12.4. The first-order valence-corrected chi connectivity index (χ1v) is 10.0. The summed E-state index contributed by atoms with van der Waals surface area (Å²) in [5, 5.41) is 3.04. The molecule has 1 fully saturated rings. The molecule has 0 bridgehead atoms. The van der Waals surface area contributed by atoms with Gasteiger partial charge in [0.1, 0.15) is 13.2 Å². The van der Waals surface area contributed by atoms with E-state index >= 15 is 0 Å². The largest absolute Gasteiger partial charge is 0.486 e. The number of hydrogen-bond acceptors (Lipinski definition) is 5. The van der Waals surface area contributed by atoms with Gasteiger partial charge in [-0.3, -0.25) is 4.79 Å². The van der Waals surface area contributed by atoms with Crippen LogP contribution in [-0.4, -0.2) is 37.2 Å². The predicted octanol–water partition coefficient (Wildman–Crippen LogP) is 3.34. The summed E-state index contributed by atoms with van der Waals surface area (Å²) in [4.78, 5) is 24.5. The van der Waals surface area contributed by atoms with Gasteiger partial charge < -0.3 is 19.5 Å². The molecule has 6 heteroatoms. The number of carbonyl (C=O) groups is 2. The summed E-state index contributed by atoms with van der Waals surface area (Å²) in [6, 6.07) is 5.59. The molecule has 2 aliphatic rings. The maximum atomic E-state index is 12.4. The Morgan fingerprint density at radius 3 is 2.71 bits per heavy atom. The van der Waals surface area contributed by atoms with Crippen LogP contribution in [0.1, 0.15) is 45.6 Å². The van der Waals surface area contributed by atoms with Gasteiger partial charge in [-0.1, -0.05) is 32.8 Å². The first kappa shape index (κ1) is 20.2. The number of esters is 1. The molecule has 3 rings (SSSR count). The second-order valence-electron chi connectivity index (χ2n) is 7.70. The molecule has 1 aromatic rings. The lowest BCUT2D eigenvalue weighted by Crippen LogP contribution is -2.47. The Morgan fingerprint density at radius 1 is 1.18 bits per heavy atom. The van der Waals surface area contributed by atoms with Gasteiger partial charge in [0.15, 0.2) is 17.6 Å². The molecule has 1 heterocycles. The molecule has 1 saturated carbocycles. The number of carbonyl (C=O) groups excluding carboxylic acids is 2. The first-order chi connectivity index (χ1) is 13.4. The van der Waals surface area contributed by atoms with E-state index in [9.17, 15) is 9.59 Å². The van der Waals surface area contributed by atoms with E-state index in [4.69, 9.17) is 14.2 Å². The van der Waals surface area contributed by atoms with Crippen molar-refractivity contribution in [3.05, 3.63) is 29.8 Å². The summed E-state index contributed by atoms with van der Waals surface area (Å²) in [5.41, 5.74) is 0.795. The molecule has 1 aliphatic heterocycles. The highest BCUT2D eigenvalue weighted by Gasteiger charge is 2.29. The molecule has 4 atom stereocenters. The molecule has 1 N–H and O–H groups in total. The highest BCUT2D eigenvalue weighted by Crippen LogP contribution is 2.31. The summed E-state index contributed by atoms with van der Waals surface area (Å²) in [7, 11) is 0. The third-order valence-corrected chi connectivity index (χ3v) is 5.67. The van der Waals surface area contributed by atoms with Gasteiger partial charge in [0, 0.05) is 12.1 Å². The van der Waals surface area contributed by atoms with Crippen molar-refractivity contribution in [1.82, 2.24) is 5.32 Å². The second-order valence-corrected chi connectivity index (χ2v) is 7.70. The monoisotopic (exact) mass is 387 g/mol. The van der Waals surface area contributed by atoms with Gasteiger partial charge in [-0.05, 0) is 49.0 Å². The highest BCUT2D eigenvalue weighted by atomic mass is 16.6. The van der Waals surface area contributed by atoms with Crippen LogP contribution in [-0.2, 0) is 14.3 Å².